The highest BCUT2D eigenvalue weighted by Crippen LogP contribution is 2.32. The van der Waals surface area contributed by atoms with Crippen LogP contribution < -0.4 is 10.6 Å². The second-order valence-corrected chi connectivity index (χ2v) is 7.76. The lowest BCUT2D eigenvalue weighted by atomic mass is 9.95. The fourth-order valence-electron chi connectivity index (χ4n) is 3.36. The first-order valence-corrected chi connectivity index (χ1v) is 9.09. The van der Waals surface area contributed by atoms with Crippen LogP contribution in [0, 0.1) is 0 Å². The summed E-state index contributed by atoms with van der Waals surface area (Å²) in [5, 5.41) is 7.57. The van der Waals surface area contributed by atoms with Gasteiger partial charge in [0.15, 0.2) is 0 Å². The maximum absolute atomic E-state index is 12.4. The van der Waals surface area contributed by atoms with E-state index in [-0.39, 0.29) is 11.9 Å². The SMILES string of the molecule is O=C(NC1CC2CCC1N2)c1cnc(-c2ccccc2Br)s1. The number of amides is 1. The molecule has 1 amide bonds. The summed E-state index contributed by atoms with van der Waals surface area (Å²) in [6.07, 6.45) is 5.13. The second kappa shape index (κ2) is 5.76. The van der Waals surface area contributed by atoms with Crippen molar-refractivity contribution in [1.82, 2.24) is 15.6 Å². The van der Waals surface area contributed by atoms with Crippen molar-refractivity contribution in [3.05, 3.63) is 39.8 Å². The molecule has 114 valence electrons. The Balaban J connectivity index is 1.49. The highest BCUT2D eigenvalue weighted by atomic mass is 79.9. The topological polar surface area (TPSA) is 54.0 Å². The minimum absolute atomic E-state index is 0.00449. The van der Waals surface area contributed by atoms with Gasteiger partial charge >= 0.3 is 0 Å². The van der Waals surface area contributed by atoms with Crippen LogP contribution in [0.4, 0.5) is 0 Å². The lowest BCUT2D eigenvalue weighted by molar-refractivity contribution is 0.0935. The van der Waals surface area contributed by atoms with Gasteiger partial charge in [0, 0.05) is 28.2 Å². The first-order chi connectivity index (χ1) is 10.7. The Morgan fingerprint density at radius 3 is 2.95 bits per heavy atom. The molecule has 3 atom stereocenters. The lowest BCUT2D eigenvalue weighted by Gasteiger charge is -2.20. The van der Waals surface area contributed by atoms with Gasteiger partial charge in [-0.2, -0.15) is 0 Å². The van der Waals surface area contributed by atoms with Crippen LogP contribution in [-0.4, -0.2) is 29.0 Å². The van der Waals surface area contributed by atoms with Crippen LogP contribution in [-0.2, 0) is 0 Å². The molecule has 2 aliphatic rings. The Hall–Kier alpha value is -1.24. The van der Waals surface area contributed by atoms with Gasteiger partial charge in [0.2, 0.25) is 0 Å². The van der Waals surface area contributed by atoms with Gasteiger partial charge in [0.1, 0.15) is 9.88 Å². The monoisotopic (exact) mass is 377 g/mol. The highest BCUT2D eigenvalue weighted by molar-refractivity contribution is 9.10. The van der Waals surface area contributed by atoms with E-state index in [2.05, 4.69) is 31.5 Å². The summed E-state index contributed by atoms with van der Waals surface area (Å²) in [6, 6.07) is 9.23. The minimum Gasteiger partial charge on any atom is -0.347 e. The molecule has 4 nitrogen and oxygen atoms in total. The molecule has 22 heavy (non-hydrogen) atoms. The number of carbonyl (C=O) groups is 1. The van der Waals surface area contributed by atoms with Gasteiger partial charge in [0.25, 0.3) is 5.91 Å². The van der Waals surface area contributed by atoms with Gasteiger partial charge in [-0.3, -0.25) is 4.79 Å². The molecule has 2 aliphatic heterocycles. The number of carbonyl (C=O) groups excluding carboxylic acids is 1. The molecule has 2 bridgehead atoms. The van der Waals surface area contributed by atoms with Gasteiger partial charge in [-0.1, -0.05) is 34.1 Å². The van der Waals surface area contributed by atoms with Crippen molar-refractivity contribution in [2.45, 2.75) is 37.4 Å². The molecule has 6 heteroatoms. The quantitative estimate of drug-likeness (QED) is 0.863. The van der Waals surface area contributed by atoms with E-state index in [4.69, 9.17) is 0 Å². The van der Waals surface area contributed by atoms with Crippen LogP contribution in [0.25, 0.3) is 10.6 Å². The zero-order valence-corrected chi connectivity index (χ0v) is 14.3. The second-order valence-electron chi connectivity index (χ2n) is 5.87. The van der Waals surface area contributed by atoms with Crippen molar-refractivity contribution in [2.75, 3.05) is 0 Å². The summed E-state index contributed by atoms with van der Waals surface area (Å²) in [5.41, 5.74) is 1.02. The largest absolute Gasteiger partial charge is 0.347 e. The van der Waals surface area contributed by atoms with Crippen LogP contribution in [0.3, 0.4) is 0 Å². The first kappa shape index (κ1) is 14.4. The van der Waals surface area contributed by atoms with E-state index < -0.39 is 0 Å². The van der Waals surface area contributed by atoms with E-state index >= 15 is 0 Å². The van der Waals surface area contributed by atoms with Crippen molar-refractivity contribution in [3.63, 3.8) is 0 Å². The molecule has 0 spiro atoms. The fourth-order valence-corrected chi connectivity index (χ4v) is 4.82. The summed E-state index contributed by atoms with van der Waals surface area (Å²) >= 11 is 4.97. The number of aromatic nitrogens is 1. The zero-order chi connectivity index (χ0) is 15.1. The van der Waals surface area contributed by atoms with Gasteiger partial charge in [-0.25, -0.2) is 4.98 Å². The Bertz CT molecular complexity index is 717. The lowest BCUT2D eigenvalue weighted by Crippen LogP contribution is -2.42. The van der Waals surface area contributed by atoms with Gasteiger partial charge in [0.05, 0.1) is 6.20 Å². The molecule has 2 fully saturated rings. The third kappa shape index (κ3) is 2.59. The van der Waals surface area contributed by atoms with Crippen molar-refractivity contribution >= 4 is 33.2 Å². The van der Waals surface area contributed by atoms with E-state index in [1.807, 2.05) is 24.3 Å². The van der Waals surface area contributed by atoms with Crippen molar-refractivity contribution in [3.8, 4) is 10.6 Å². The van der Waals surface area contributed by atoms with Crippen molar-refractivity contribution in [1.29, 1.82) is 0 Å². The molecule has 2 aromatic rings. The van der Waals surface area contributed by atoms with Crippen molar-refractivity contribution in [2.24, 2.45) is 0 Å². The van der Waals surface area contributed by atoms with E-state index in [1.54, 1.807) is 6.20 Å². The third-order valence-electron chi connectivity index (χ3n) is 4.45. The van der Waals surface area contributed by atoms with E-state index in [9.17, 15) is 4.79 Å². The van der Waals surface area contributed by atoms with Gasteiger partial charge in [-0.05, 0) is 25.3 Å². The number of hydrogen-bond acceptors (Lipinski definition) is 4. The minimum atomic E-state index is -0.00449. The van der Waals surface area contributed by atoms with Crippen molar-refractivity contribution < 1.29 is 4.79 Å². The Labute approximate surface area is 141 Å². The predicted octanol–water partition coefficient (Wildman–Crippen LogP) is 3.20. The molecular formula is C16H16BrN3OS. The average molecular weight is 378 g/mol. The zero-order valence-electron chi connectivity index (χ0n) is 11.9. The smallest absolute Gasteiger partial charge is 0.263 e. The summed E-state index contributed by atoms with van der Waals surface area (Å²) in [6.45, 7) is 0. The molecule has 3 heterocycles. The molecule has 4 rings (SSSR count). The third-order valence-corrected chi connectivity index (χ3v) is 6.17. The van der Waals surface area contributed by atoms with Crippen LogP contribution >= 0.6 is 27.3 Å². The summed E-state index contributed by atoms with van der Waals surface area (Å²) in [7, 11) is 0. The highest BCUT2D eigenvalue weighted by Gasteiger charge is 2.39. The maximum atomic E-state index is 12.4. The predicted molar refractivity (Wildman–Crippen MR) is 91.1 cm³/mol. The molecule has 0 aliphatic carbocycles. The molecule has 2 N–H and O–H groups in total. The number of benzene rings is 1. The van der Waals surface area contributed by atoms with Crippen LogP contribution in [0.1, 0.15) is 28.9 Å². The number of nitrogens with zero attached hydrogens (tertiary/aromatic N) is 1. The summed E-state index contributed by atoms with van der Waals surface area (Å²) in [4.78, 5) is 17.5. The van der Waals surface area contributed by atoms with E-state index in [1.165, 1.54) is 24.2 Å². The van der Waals surface area contributed by atoms with E-state index in [0.717, 1.165) is 21.5 Å². The average Bonchev–Trinajstić information content (AvgIpc) is 3.24. The fraction of sp³-hybridized carbons (Fsp3) is 0.375. The number of halogens is 1. The number of hydrogen-bond donors (Lipinski definition) is 2. The number of thiazole rings is 1. The van der Waals surface area contributed by atoms with Crippen LogP contribution in [0.2, 0.25) is 0 Å². The van der Waals surface area contributed by atoms with E-state index in [0.29, 0.717) is 17.0 Å². The Kier molecular flexibility index (Phi) is 3.76. The van der Waals surface area contributed by atoms with Crippen LogP contribution in [0.5, 0.6) is 0 Å². The Morgan fingerprint density at radius 1 is 1.36 bits per heavy atom. The van der Waals surface area contributed by atoms with Crippen LogP contribution in [0.15, 0.2) is 34.9 Å². The molecule has 1 aromatic carbocycles. The summed E-state index contributed by atoms with van der Waals surface area (Å²) < 4.78 is 0.994. The Morgan fingerprint density at radius 2 is 2.23 bits per heavy atom. The normalized spacial score (nSPS) is 26.3. The van der Waals surface area contributed by atoms with Gasteiger partial charge < -0.3 is 10.6 Å². The molecule has 2 saturated heterocycles. The molecule has 3 unspecified atom stereocenters. The number of rotatable bonds is 3. The standard InChI is InChI=1S/C16H16BrN3OS/c17-11-4-2-1-3-10(11)16-18-8-14(22-16)15(21)20-13-7-9-5-6-12(13)19-9/h1-4,8-9,12-13,19H,5-7H2,(H,20,21). The maximum Gasteiger partial charge on any atom is 0.263 e. The molecule has 0 radical (unpaired) electrons. The molecule has 0 saturated carbocycles. The first-order valence-electron chi connectivity index (χ1n) is 7.48. The number of fused-ring (bicyclic) bond motifs is 2. The number of nitrogens with one attached hydrogen (secondary N) is 2. The van der Waals surface area contributed by atoms with Gasteiger partial charge in [-0.15, -0.1) is 11.3 Å². The molecule has 1 aromatic heterocycles. The molecular weight excluding hydrogens is 362 g/mol. The summed E-state index contributed by atoms with van der Waals surface area (Å²) in [5.74, 6) is -0.00449.